The molecule has 0 fully saturated rings. The van der Waals surface area contributed by atoms with Crippen LogP contribution in [0.4, 0.5) is 0 Å². The summed E-state index contributed by atoms with van der Waals surface area (Å²) >= 11 is 0. The fourth-order valence-electron chi connectivity index (χ4n) is 3.09. The first-order valence-corrected chi connectivity index (χ1v) is 8.18. The molecule has 5 nitrogen and oxygen atoms in total. The summed E-state index contributed by atoms with van der Waals surface area (Å²) in [4.78, 5) is 32.7. The molecule has 0 radical (unpaired) electrons. The van der Waals surface area contributed by atoms with Crippen LogP contribution in [0.25, 0.3) is 27.4 Å². The van der Waals surface area contributed by atoms with Crippen LogP contribution < -0.4 is 11.2 Å². The fraction of sp³-hybridized carbons (Fsp3) is 0.150. The second-order valence-corrected chi connectivity index (χ2v) is 6.41. The predicted molar refractivity (Wildman–Crippen MR) is 99.6 cm³/mol. The molecule has 4 aromatic rings. The zero-order chi connectivity index (χ0) is 17.6. The molecule has 1 N–H and O–H groups in total. The summed E-state index contributed by atoms with van der Waals surface area (Å²) in [5, 5.41) is 2.19. The summed E-state index contributed by atoms with van der Waals surface area (Å²) in [7, 11) is 0. The predicted octanol–water partition coefficient (Wildman–Crippen LogP) is 3.35. The van der Waals surface area contributed by atoms with Gasteiger partial charge in [-0.3, -0.25) is 9.78 Å². The van der Waals surface area contributed by atoms with E-state index in [0.29, 0.717) is 22.5 Å². The molecule has 2 aromatic carbocycles. The van der Waals surface area contributed by atoms with Crippen molar-refractivity contribution < 1.29 is 0 Å². The van der Waals surface area contributed by atoms with Crippen molar-refractivity contribution >= 4 is 21.7 Å². The maximum absolute atomic E-state index is 13.1. The Morgan fingerprint density at radius 3 is 2.60 bits per heavy atom. The maximum Gasteiger partial charge on any atom is 0.333 e. The molecule has 0 aliphatic rings. The van der Waals surface area contributed by atoms with Crippen LogP contribution in [0.5, 0.6) is 0 Å². The van der Waals surface area contributed by atoms with Gasteiger partial charge in [-0.25, -0.2) is 9.36 Å². The number of hydrogen-bond donors (Lipinski definition) is 1. The van der Waals surface area contributed by atoms with Crippen LogP contribution in [0.2, 0.25) is 0 Å². The molecule has 0 atom stereocenters. The van der Waals surface area contributed by atoms with Gasteiger partial charge in [0.2, 0.25) is 0 Å². The Morgan fingerprint density at radius 2 is 1.80 bits per heavy atom. The minimum absolute atomic E-state index is 0.295. The van der Waals surface area contributed by atoms with E-state index < -0.39 is 5.69 Å². The van der Waals surface area contributed by atoms with Crippen molar-refractivity contribution in [1.82, 2.24) is 14.5 Å². The molecule has 2 aromatic heterocycles. The van der Waals surface area contributed by atoms with Crippen LogP contribution in [0.15, 0.2) is 64.4 Å². The Balaban J connectivity index is 2.11. The van der Waals surface area contributed by atoms with Gasteiger partial charge in [0.15, 0.2) is 0 Å². The second-order valence-electron chi connectivity index (χ2n) is 6.41. The quantitative estimate of drug-likeness (QED) is 0.612. The van der Waals surface area contributed by atoms with E-state index >= 15 is 0 Å². The molecule has 0 saturated heterocycles. The van der Waals surface area contributed by atoms with E-state index in [1.807, 2.05) is 36.4 Å². The third-order valence-corrected chi connectivity index (χ3v) is 4.48. The van der Waals surface area contributed by atoms with Gasteiger partial charge in [0.25, 0.3) is 5.56 Å². The molecule has 0 amide bonds. The Hall–Kier alpha value is -3.21. The highest BCUT2D eigenvalue weighted by atomic mass is 16.2. The van der Waals surface area contributed by atoms with Gasteiger partial charge in [-0.2, -0.15) is 0 Å². The monoisotopic (exact) mass is 331 g/mol. The summed E-state index contributed by atoms with van der Waals surface area (Å²) in [6.45, 7) is 4.14. The first-order chi connectivity index (χ1) is 12.1. The molecule has 124 valence electrons. The number of aromatic amines is 1. The van der Waals surface area contributed by atoms with Crippen LogP contribution in [0.3, 0.4) is 0 Å². The van der Waals surface area contributed by atoms with E-state index in [4.69, 9.17) is 0 Å². The van der Waals surface area contributed by atoms with Crippen LogP contribution in [-0.4, -0.2) is 14.5 Å². The maximum atomic E-state index is 13.1. The van der Waals surface area contributed by atoms with Crippen molar-refractivity contribution in [2.75, 3.05) is 0 Å². The molecule has 0 aliphatic carbocycles. The average Bonchev–Trinajstić information content (AvgIpc) is 2.61. The minimum Gasteiger partial charge on any atom is -0.306 e. The minimum atomic E-state index is -0.465. The smallest absolute Gasteiger partial charge is 0.306 e. The van der Waals surface area contributed by atoms with Gasteiger partial charge in [0, 0.05) is 17.0 Å². The highest BCUT2D eigenvalue weighted by Crippen LogP contribution is 2.20. The van der Waals surface area contributed by atoms with Gasteiger partial charge in [-0.15, -0.1) is 0 Å². The van der Waals surface area contributed by atoms with E-state index in [2.05, 4.69) is 23.8 Å². The number of rotatable bonds is 2. The number of nitrogens with one attached hydrogen (secondary N) is 1. The molecular weight excluding hydrogens is 314 g/mol. The molecule has 25 heavy (non-hydrogen) atoms. The number of H-pyrrole nitrogens is 1. The molecular formula is C20H17N3O2. The van der Waals surface area contributed by atoms with Gasteiger partial charge in [0.1, 0.15) is 0 Å². The third kappa shape index (κ3) is 2.45. The first kappa shape index (κ1) is 15.3. The molecule has 0 unspecified atom stereocenters. The zero-order valence-corrected chi connectivity index (χ0v) is 14.0. The van der Waals surface area contributed by atoms with Crippen molar-refractivity contribution in [2.24, 2.45) is 0 Å². The Labute approximate surface area is 143 Å². The highest BCUT2D eigenvalue weighted by molar-refractivity contribution is 5.89. The van der Waals surface area contributed by atoms with Crippen LogP contribution in [-0.2, 0) is 0 Å². The van der Waals surface area contributed by atoms with Gasteiger partial charge >= 0.3 is 5.69 Å². The van der Waals surface area contributed by atoms with E-state index in [-0.39, 0.29) is 5.56 Å². The van der Waals surface area contributed by atoms with E-state index in [9.17, 15) is 9.59 Å². The molecule has 4 rings (SSSR count). The Morgan fingerprint density at radius 1 is 1.00 bits per heavy atom. The number of benzene rings is 2. The van der Waals surface area contributed by atoms with E-state index in [1.165, 1.54) is 4.57 Å². The lowest BCUT2D eigenvalue weighted by atomic mass is 10.0. The molecule has 0 spiro atoms. The van der Waals surface area contributed by atoms with Gasteiger partial charge in [-0.1, -0.05) is 44.2 Å². The molecule has 0 saturated carbocycles. The second kappa shape index (κ2) is 5.70. The summed E-state index contributed by atoms with van der Waals surface area (Å²) < 4.78 is 1.17. The van der Waals surface area contributed by atoms with Crippen molar-refractivity contribution in [3.8, 4) is 5.69 Å². The summed E-state index contributed by atoms with van der Waals surface area (Å²) in [6, 6.07) is 13.1. The third-order valence-electron chi connectivity index (χ3n) is 4.48. The zero-order valence-electron chi connectivity index (χ0n) is 14.0. The molecule has 2 heterocycles. The normalized spacial score (nSPS) is 11.5. The first-order valence-electron chi connectivity index (χ1n) is 8.18. The lowest BCUT2D eigenvalue weighted by Gasteiger charge is -2.11. The number of hydrogen-bond acceptors (Lipinski definition) is 3. The van der Waals surface area contributed by atoms with Crippen molar-refractivity contribution in [3.05, 3.63) is 81.3 Å². The standard InChI is InChI=1S/C20H17N3O2/c1-12(2)13-7-8-17-16(9-13)19(24)23(20(25)22-17)18-11-21-10-14-5-3-4-6-15(14)18/h3-12H,1-2H3,(H,22,25). The van der Waals surface area contributed by atoms with Gasteiger partial charge in [0.05, 0.1) is 22.8 Å². The van der Waals surface area contributed by atoms with Crippen LogP contribution in [0.1, 0.15) is 25.3 Å². The molecule has 0 aliphatic heterocycles. The van der Waals surface area contributed by atoms with E-state index in [0.717, 1.165) is 16.3 Å². The van der Waals surface area contributed by atoms with Gasteiger partial charge in [-0.05, 0) is 23.6 Å². The van der Waals surface area contributed by atoms with Crippen molar-refractivity contribution in [3.63, 3.8) is 0 Å². The number of pyridine rings is 1. The van der Waals surface area contributed by atoms with E-state index in [1.54, 1.807) is 18.5 Å². The molecule has 5 heteroatoms. The van der Waals surface area contributed by atoms with Crippen LogP contribution in [0, 0.1) is 0 Å². The van der Waals surface area contributed by atoms with Crippen LogP contribution >= 0.6 is 0 Å². The lowest BCUT2D eigenvalue weighted by molar-refractivity contribution is 0.864. The summed E-state index contributed by atoms with van der Waals surface area (Å²) in [6.07, 6.45) is 3.27. The van der Waals surface area contributed by atoms with Crippen molar-refractivity contribution in [2.45, 2.75) is 19.8 Å². The largest absolute Gasteiger partial charge is 0.333 e. The lowest BCUT2D eigenvalue weighted by Crippen LogP contribution is -2.33. The van der Waals surface area contributed by atoms with Gasteiger partial charge < -0.3 is 4.98 Å². The topological polar surface area (TPSA) is 67.8 Å². The highest BCUT2D eigenvalue weighted by Gasteiger charge is 2.13. The summed E-state index contributed by atoms with van der Waals surface area (Å²) in [5.74, 6) is 0.295. The number of aromatic nitrogens is 3. The summed E-state index contributed by atoms with van der Waals surface area (Å²) in [5.41, 5.74) is 1.29. The fourth-order valence-corrected chi connectivity index (χ4v) is 3.09. The SMILES string of the molecule is CC(C)c1ccc2[nH]c(=O)n(-c3cncc4ccccc34)c(=O)c2c1. The van der Waals surface area contributed by atoms with Crippen molar-refractivity contribution in [1.29, 1.82) is 0 Å². The number of fused-ring (bicyclic) bond motifs is 2. The average molecular weight is 331 g/mol. The molecule has 0 bridgehead atoms. The number of nitrogens with zero attached hydrogens (tertiary/aromatic N) is 2. The Bertz CT molecular complexity index is 1210. The Kier molecular flexibility index (Phi) is 3.50.